The smallest absolute Gasteiger partial charge is 0.171 e. The molecule has 2 atom stereocenters. The summed E-state index contributed by atoms with van der Waals surface area (Å²) < 4.78 is 10.4. The summed E-state index contributed by atoms with van der Waals surface area (Å²) in [5.41, 5.74) is 1.92. The maximum absolute atomic E-state index is 9.93. The number of hydrogen-bond acceptors (Lipinski definition) is 4. The molecule has 0 amide bonds. The summed E-state index contributed by atoms with van der Waals surface area (Å²) in [6.07, 6.45) is -0.306. The second-order valence-electron chi connectivity index (χ2n) is 4.58. The second-order valence-corrected chi connectivity index (χ2v) is 4.58. The maximum Gasteiger partial charge on any atom is 0.171 e. The summed E-state index contributed by atoms with van der Waals surface area (Å²) in [6, 6.07) is 5.73. The third kappa shape index (κ3) is 3.70. The Kier molecular flexibility index (Phi) is 5.59. The Labute approximate surface area is 109 Å². The lowest BCUT2D eigenvalue weighted by Gasteiger charge is -2.26. The summed E-state index contributed by atoms with van der Waals surface area (Å²) in [4.78, 5) is 0. The van der Waals surface area contributed by atoms with Crippen LogP contribution >= 0.6 is 0 Å². The van der Waals surface area contributed by atoms with Crippen molar-refractivity contribution in [1.82, 2.24) is 5.32 Å². The van der Waals surface area contributed by atoms with Gasteiger partial charge in [-0.15, -0.1) is 0 Å². The van der Waals surface area contributed by atoms with Crippen LogP contribution in [0.25, 0.3) is 0 Å². The van der Waals surface area contributed by atoms with Crippen LogP contribution in [0.3, 0.4) is 0 Å². The molecule has 0 radical (unpaired) electrons. The molecule has 2 unspecified atom stereocenters. The van der Waals surface area contributed by atoms with Gasteiger partial charge in [-0.1, -0.05) is 12.1 Å². The van der Waals surface area contributed by atoms with Gasteiger partial charge in [-0.3, -0.25) is 0 Å². The molecule has 1 aromatic rings. The lowest BCUT2D eigenvalue weighted by Crippen LogP contribution is -2.40. The molecular weight excluding hydrogens is 230 g/mol. The molecule has 0 saturated heterocycles. The molecular formula is C14H23NO3. The first kappa shape index (κ1) is 15.0. The summed E-state index contributed by atoms with van der Waals surface area (Å²) in [5.74, 6) is 0.314. The predicted molar refractivity (Wildman–Crippen MR) is 71.7 cm³/mol. The molecule has 0 aliphatic rings. The molecule has 0 heterocycles. The maximum atomic E-state index is 9.93. The number of aryl methyl sites for hydroxylation is 1. The highest BCUT2D eigenvalue weighted by Gasteiger charge is 2.19. The highest BCUT2D eigenvalue weighted by Crippen LogP contribution is 2.25. The number of benzene rings is 1. The molecule has 0 aliphatic carbocycles. The van der Waals surface area contributed by atoms with Crippen LogP contribution in [-0.4, -0.2) is 31.7 Å². The largest absolute Gasteiger partial charge is 0.508 e. The van der Waals surface area contributed by atoms with Crippen LogP contribution in [0, 0.1) is 6.92 Å². The highest BCUT2D eigenvalue weighted by molar-refractivity contribution is 5.37. The van der Waals surface area contributed by atoms with Gasteiger partial charge in [0, 0.05) is 25.8 Å². The van der Waals surface area contributed by atoms with E-state index in [0.717, 1.165) is 11.1 Å². The van der Waals surface area contributed by atoms with Crippen LogP contribution < -0.4 is 5.32 Å². The van der Waals surface area contributed by atoms with E-state index in [9.17, 15) is 5.11 Å². The van der Waals surface area contributed by atoms with Gasteiger partial charge in [-0.2, -0.15) is 0 Å². The van der Waals surface area contributed by atoms with E-state index in [2.05, 4.69) is 5.32 Å². The van der Waals surface area contributed by atoms with Crippen molar-refractivity contribution >= 4 is 0 Å². The summed E-state index contributed by atoms with van der Waals surface area (Å²) in [7, 11) is 3.22. The third-order valence-electron chi connectivity index (χ3n) is 3.04. The van der Waals surface area contributed by atoms with E-state index in [0.29, 0.717) is 5.75 Å². The van der Waals surface area contributed by atoms with Crippen LogP contribution in [-0.2, 0) is 9.47 Å². The van der Waals surface area contributed by atoms with Crippen LogP contribution in [0.1, 0.15) is 31.0 Å². The number of hydrogen-bond donors (Lipinski definition) is 2. The first-order chi connectivity index (χ1) is 8.49. The van der Waals surface area contributed by atoms with E-state index >= 15 is 0 Å². The zero-order chi connectivity index (χ0) is 13.7. The Morgan fingerprint density at radius 3 is 2.28 bits per heavy atom. The van der Waals surface area contributed by atoms with Gasteiger partial charge in [0.1, 0.15) is 5.75 Å². The topological polar surface area (TPSA) is 50.7 Å². The van der Waals surface area contributed by atoms with Crippen LogP contribution in [0.5, 0.6) is 5.75 Å². The second kappa shape index (κ2) is 6.73. The minimum Gasteiger partial charge on any atom is -0.508 e. The Bertz CT molecular complexity index is 377. The zero-order valence-corrected chi connectivity index (χ0v) is 11.7. The standard InChI is InChI=1S/C14H23NO3/c1-9-6-7-12(13(16)8-9)10(2)15-11(3)14(17-4)18-5/h6-8,10-11,14-16H,1-5H3. The fourth-order valence-corrected chi connectivity index (χ4v) is 2.09. The molecule has 0 spiro atoms. The molecule has 102 valence electrons. The van der Waals surface area contributed by atoms with Crippen molar-refractivity contribution in [2.75, 3.05) is 14.2 Å². The van der Waals surface area contributed by atoms with Crippen molar-refractivity contribution < 1.29 is 14.6 Å². The van der Waals surface area contributed by atoms with Crippen molar-refractivity contribution in [3.63, 3.8) is 0 Å². The van der Waals surface area contributed by atoms with Gasteiger partial charge in [-0.05, 0) is 32.4 Å². The number of aromatic hydroxyl groups is 1. The molecule has 0 fully saturated rings. The molecule has 0 aromatic heterocycles. The van der Waals surface area contributed by atoms with Crippen molar-refractivity contribution in [2.24, 2.45) is 0 Å². The van der Waals surface area contributed by atoms with E-state index in [-0.39, 0.29) is 18.4 Å². The lowest BCUT2D eigenvalue weighted by atomic mass is 10.0. The number of rotatable bonds is 6. The van der Waals surface area contributed by atoms with E-state index in [4.69, 9.17) is 9.47 Å². The first-order valence-corrected chi connectivity index (χ1v) is 6.10. The molecule has 2 N–H and O–H groups in total. The van der Waals surface area contributed by atoms with Gasteiger partial charge in [0.15, 0.2) is 6.29 Å². The lowest BCUT2D eigenvalue weighted by molar-refractivity contribution is -0.120. The molecule has 4 heteroatoms. The molecule has 0 bridgehead atoms. The monoisotopic (exact) mass is 253 g/mol. The number of methoxy groups -OCH3 is 2. The Balaban J connectivity index is 2.72. The molecule has 4 nitrogen and oxygen atoms in total. The first-order valence-electron chi connectivity index (χ1n) is 6.10. The normalized spacial score (nSPS) is 14.8. The average molecular weight is 253 g/mol. The number of phenolic OH excluding ortho intramolecular Hbond substituents is 1. The van der Waals surface area contributed by atoms with Gasteiger partial charge >= 0.3 is 0 Å². The number of phenols is 1. The molecule has 18 heavy (non-hydrogen) atoms. The van der Waals surface area contributed by atoms with Crippen molar-refractivity contribution in [3.05, 3.63) is 29.3 Å². The number of ether oxygens (including phenoxy) is 2. The summed E-state index contributed by atoms with van der Waals surface area (Å²) in [6.45, 7) is 5.94. The third-order valence-corrected chi connectivity index (χ3v) is 3.04. The van der Waals surface area contributed by atoms with E-state index in [1.807, 2.05) is 32.9 Å². The Morgan fingerprint density at radius 2 is 1.78 bits per heavy atom. The quantitative estimate of drug-likeness (QED) is 0.764. The fraction of sp³-hybridized carbons (Fsp3) is 0.571. The van der Waals surface area contributed by atoms with Crippen molar-refractivity contribution in [2.45, 2.75) is 39.1 Å². The molecule has 0 aliphatic heterocycles. The SMILES string of the molecule is COC(OC)C(C)NC(C)c1ccc(C)cc1O. The van der Waals surface area contributed by atoms with Crippen molar-refractivity contribution in [1.29, 1.82) is 0 Å². The van der Waals surface area contributed by atoms with Gasteiger partial charge in [-0.25, -0.2) is 0 Å². The van der Waals surface area contributed by atoms with E-state index in [1.54, 1.807) is 20.3 Å². The van der Waals surface area contributed by atoms with Crippen LogP contribution in [0.2, 0.25) is 0 Å². The molecule has 1 aromatic carbocycles. The van der Waals surface area contributed by atoms with E-state index in [1.165, 1.54) is 0 Å². The van der Waals surface area contributed by atoms with Crippen LogP contribution in [0.4, 0.5) is 0 Å². The molecule has 1 rings (SSSR count). The van der Waals surface area contributed by atoms with Gasteiger partial charge < -0.3 is 19.9 Å². The Morgan fingerprint density at radius 1 is 1.17 bits per heavy atom. The average Bonchev–Trinajstić information content (AvgIpc) is 2.30. The van der Waals surface area contributed by atoms with Crippen molar-refractivity contribution in [3.8, 4) is 5.75 Å². The predicted octanol–water partition coefficient (Wildman–Crippen LogP) is 2.36. The molecule has 0 saturated carbocycles. The summed E-state index contributed by atoms with van der Waals surface area (Å²) >= 11 is 0. The van der Waals surface area contributed by atoms with Gasteiger partial charge in [0.25, 0.3) is 0 Å². The fourth-order valence-electron chi connectivity index (χ4n) is 2.09. The summed E-state index contributed by atoms with van der Waals surface area (Å²) in [5, 5.41) is 13.3. The van der Waals surface area contributed by atoms with Gasteiger partial charge in [0.2, 0.25) is 0 Å². The highest BCUT2D eigenvalue weighted by atomic mass is 16.7. The zero-order valence-electron chi connectivity index (χ0n) is 11.7. The van der Waals surface area contributed by atoms with Crippen LogP contribution in [0.15, 0.2) is 18.2 Å². The minimum absolute atomic E-state index is 0.0217. The van der Waals surface area contributed by atoms with Gasteiger partial charge in [0.05, 0.1) is 6.04 Å². The van der Waals surface area contributed by atoms with E-state index < -0.39 is 0 Å². The Hall–Kier alpha value is -1.10. The minimum atomic E-state index is -0.306. The number of nitrogens with one attached hydrogen (secondary N) is 1.